The Hall–Kier alpha value is -1.87. The molecule has 1 atom stereocenters. The maximum atomic E-state index is 13.7. The number of nitrogens with one attached hydrogen (secondary N) is 1. The Bertz CT molecular complexity index is 593. The zero-order valence-corrected chi connectivity index (χ0v) is 11.4. The molecule has 0 aliphatic heterocycles. The first-order chi connectivity index (χ1) is 9.78. The van der Waals surface area contributed by atoms with Crippen LogP contribution in [0.1, 0.15) is 35.9 Å². The van der Waals surface area contributed by atoms with E-state index in [0.29, 0.717) is 18.2 Å². The van der Waals surface area contributed by atoms with Crippen LogP contribution in [0.4, 0.5) is 10.1 Å². The first-order valence-corrected chi connectivity index (χ1v) is 7.09. The lowest BCUT2D eigenvalue weighted by Crippen LogP contribution is -2.21. The van der Waals surface area contributed by atoms with E-state index in [4.69, 9.17) is 5.73 Å². The Kier molecular flexibility index (Phi) is 3.70. The van der Waals surface area contributed by atoms with Crippen molar-refractivity contribution >= 4 is 5.69 Å². The van der Waals surface area contributed by atoms with Gasteiger partial charge in [-0.2, -0.15) is 0 Å². The van der Waals surface area contributed by atoms with Crippen molar-refractivity contribution in [1.29, 1.82) is 0 Å². The molecule has 3 N–H and O–H groups in total. The van der Waals surface area contributed by atoms with Gasteiger partial charge in [-0.25, -0.2) is 4.39 Å². The Balaban J connectivity index is 1.82. The van der Waals surface area contributed by atoms with E-state index < -0.39 is 0 Å². The summed E-state index contributed by atoms with van der Waals surface area (Å²) in [5, 5.41) is 3.20. The van der Waals surface area contributed by atoms with Crippen LogP contribution in [-0.4, -0.2) is 6.54 Å². The number of hydrogen-bond acceptors (Lipinski definition) is 2. The summed E-state index contributed by atoms with van der Waals surface area (Å²) in [6.07, 6.45) is 2.55. The fourth-order valence-electron chi connectivity index (χ4n) is 2.49. The van der Waals surface area contributed by atoms with Crippen molar-refractivity contribution in [2.45, 2.75) is 24.8 Å². The molecule has 1 saturated carbocycles. The molecule has 0 spiro atoms. The van der Waals surface area contributed by atoms with Gasteiger partial charge in [0.15, 0.2) is 0 Å². The van der Waals surface area contributed by atoms with Crippen LogP contribution in [0.3, 0.4) is 0 Å². The molecular formula is C17H19FN2. The zero-order chi connectivity index (χ0) is 13.9. The summed E-state index contributed by atoms with van der Waals surface area (Å²) in [5.74, 6) is 0.464. The molecule has 20 heavy (non-hydrogen) atoms. The summed E-state index contributed by atoms with van der Waals surface area (Å²) in [5.41, 5.74) is 8.86. The van der Waals surface area contributed by atoms with Crippen LogP contribution in [-0.2, 0) is 0 Å². The number of halogens is 1. The van der Waals surface area contributed by atoms with Crippen LogP contribution in [0, 0.1) is 5.82 Å². The third kappa shape index (κ3) is 2.83. The minimum absolute atomic E-state index is 0.0643. The lowest BCUT2D eigenvalue weighted by atomic mass is 10.0. The number of nitrogens with two attached hydrogens (primary N) is 1. The molecule has 2 aromatic rings. The molecule has 1 unspecified atom stereocenters. The number of benzene rings is 2. The summed E-state index contributed by atoms with van der Waals surface area (Å²) in [7, 11) is 0. The molecule has 3 rings (SSSR count). The first-order valence-electron chi connectivity index (χ1n) is 7.09. The molecule has 0 aromatic heterocycles. The fourth-order valence-corrected chi connectivity index (χ4v) is 2.49. The van der Waals surface area contributed by atoms with Crippen LogP contribution in [0.5, 0.6) is 0 Å². The average molecular weight is 270 g/mol. The molecule has 0 bridgehead atoms. The van der Waals surface area contributed by atoms with Crippen molar-refractivity contribution in [2.75, 3.05) is 11.9 Å². The number of rotatable bonds is 5. The van der Waals surface area contributed by atoms with E-state index in [1.807, 2.05) is 6.07 Å². The summed E-state index contributed by atoms with van der Waals surface area (Å²) < 4.78 is 13.7. The van der Waals surface area contributed by atoms with Gasteiger partial charge in [-0.05, 0) is 42.0 Å². The van der Waals surface area contributed by atoms with Gasteiger partial charge in [-0.3, -0.25) is 0 Å². The van der Waals surface area contributed by atoms with Crippen LogP contribution in [0.15, 0.2) is 48.5 Å². The van der Waals surface area contributed by atoms with Crippen molar-refractivity contribution in [3.63, 3.8) is 0 Å². The smallest absolute Gasteiger partial charge is 0.146 e. The van der Waals surface area contributed by atoms with E-state index in [1.165, 1.54) is 24.5 Å². The van der Waals surface area contributed by atoms with Gasteiger partial charge in [-0.1, -0.05) is 36.4 Å². The van der Waals surface area contributed by atoms with Gasteiger partial charge in [0.2, 0.25) is 0 Å². The van der Waals surface area contributed by atoms with E-state index in [9.17, 15) is 4.39 Å². The Morgan fingerprint density at radius 2 is 1.95 bits per heavy atom. The van der Waals surface area contributed by atoms with Gasteiger partial charge < -0.3 is 11.1 Å². The highest BCUT2D eigenvalue weighted by Gasteiger charge is 2.24. The van der Waals surface area contributed by atoms with Crippen LogP contribution < -0.4 is 11.1 Å². The predicted octanol–water partition coefficient (Wildman–Crippen LogP) is 3.82. The second kappa shape index (κ2) is 5.63. The number of para-hydroxylation sites is 1. The Morgan fingerprint density at radius 3 is 2.65 bits per heavy atom. The van der Waals surface area contributed by atoms with Crippen LogP contribution >= 0.6 is 0 Å². The molecule has 1 aliphatic carbocycles. The van der Waals surface area contributed by atoms with E-state index in [-0.39, 0.29) is 11.9 Å². The molecule has 104 valence electrons. The molecule has 2 nitrogen and oxygen atoms in total. The molecule has 0 amide bonds. The molecule has 1 aliphatic rings. The van der Waals surface area contributed by atoms with Crippen molar-refractivity contribution in [3.8, 4) is 0 Å². The van der Waals surface area contributed by atoms with Gasteiger partial charge in [0.1, 0.15) is 5.82 Å². The monoisotopic (exact) mass is 270 g/mol. The van der Waals surface area contributed by atoms with Crippen molar-refractivity contribution in [3.05, 3.63) is 65.5 Å². The molecule has 0 heterocycles. The minimum atomic E-state index is -0.246. The lowest BCUT2D eigenvalue weighted by molar-refractivity contribution is 0.626. The highest BCUT2D eigenvalue weighted by molar-refractivity contribution is 5.47. The lowest BCUT2D eigenvalue weighted by Gasteiger charge is -2.19. The second-order valence-corrected chi connectivity index (χ2v) is 5.36. The van der Waals surface area contributed by atoms with Crippen molar-refractivity contribution in [2.24, 2.45) is 5.73 Å². The quantitative estimate of drug-likeness (QED) is 0.867. The highest BCUT2D eigenvalue weighted by atomic mass is 19.1. The van der Waals surface area contributed by atoms with Gasteiger partial charge in [0.05, 0.1) is 11.7 Å². The summed E-state index contributed by atoms with van der Waals surface area (Å²) >= 11 is 0. The molecular weight excluding hydrogens is 251 g/mol. The molecule has 1 fully saturated rings. The van der Waals surface area contributed by atoms with Gasteiger partial charge in [0.25, 0.3) is 0 Å². The SMILES string of the molecule is NCC(Nc1ccccc1F)c1cccc(C2CC2)c1. The van der Waals surface area contributed by atoms with Crippen LogP contribution in [0.2, 0.25) is 0 Å². The predicted molar refractivity (Wildman–Crippen MR) is 80.2 cm³/mol. The third-order valence-corrected chi connectivity index (χ3v) is 3.80. The standard InChI is InChI=1S/C17H19FN2/c18-15-6-1-2-7-16(15)20-17(11-19)14-5-3-4-13(10-14)12-8-9-12/h1-7,10,12,17,20H,8-9,11,19H2. The van der Waals surface area contributed by atoms with Crippen LogP contribution in [0.25, 0.3) is 0 Å². The van der Waals surface area contributed by atoms with Crippen molar-refractivity contribution in [1.82, 2.24) is 0 Å². The Morgan fingerprint density at radius 1 is 1.15 bits per heavy atom. The second-order valence-electron chi connectivity index (χ2n) is 5.36. The first kappa shape index (κ1) is 13.1. The van der Waals surface area contributed by atoms with E-state index in [0.717, 1.165) is 5.56 Å². The van der Waals surface area contributed by atoms with E-state index in [1.54, 1.807) is 12.1 Å². The maximum absolute atomic E-state index is 13.7. The third-order valence-electron chi connectivity index (χ3n) is 3.80. The maximum Gasteiger partial charge on any atom is 0.146 e. The normalized spacial score (nSPS) is 15.9. The largest absolute Gasteiger partial charge is 0.375 e. The highest BCUT2D eigenvalue weighted by Crippen LogP contribution is 2.40. The molecule has 0 radical (unpaired) electrons. The van der Waals surface area contributed by atoms with Crippen molar-refractivity contribution < 1.29 is 4.39 Å². The van der Waals surface area contributed by atoms with E-state index >= 15 is 0 Å². The summed E-state index contributed by atoms with van der Waals surface area (Å²) in [4.78, 5) is 0. The summed E-state index contributed by atoms with van der Waals surface area (Å²) in [6, 6.07) is 15.1. The summed E-state index contributed by atoms with van der Waals surface area (Å²) in [6.45, 7) is 0.433. The number of anilines is 1. The van der Waals surface area contributed by atoms with E-state index in [2.05, 4.69) is 29.6 Å². The molecule has 2 aromatic carbocycles. The molecule has 3 heteroatoms. The minimum Gasteiger partial charge on any atom is -0.375 e. The Labute approximate surface area is 118 Å². The molecule has 0 saturated heterocycles. The van der Waals surface area contributed by atoms with Gasteiger partial charge >= 0.3 is 0 Å². The zero-order valence-electron chi connectivity index (χ0n) is 11.4. The topological polar surface area (TPSA) is 38.0 Å². The average Bonchev–Trinajstić information content (AvgIpc) is 3.31. The van der Waals surface area contributed by atoms with Gasteiger partial charge in [-0.15, -0.1) is 0 Å². The van der Waals surface area contributed by atoms with Gasteiger partial charge in [0, 0.05) is 6.54 Å². The number of hydrogen-bond donors (Lipinski definition) is 2. The fraction of sp³-hybridized carbons (Fsp3) is 0.294.